The van der Waals surface area contributed by atoms with Crippen LogP contribution in [-0.2, 0) is 10.7 Å². The lowest BCUT2D eigenvalue weighted by molar-refractivity contribution is -0.117. The highest BCUT2D eigenvalue weighted by Crippen LogP contribution is 2.35. The van der Waals surface area contributed by atoms with Gasteiger partial charge in [0.15, 0.2) is 0 Å². The van der Waals surface area contributed by atoms with Crippen LogP contribution in [0, 0.1) is 0 Å². The minimum atomic E-state index is -2.98. The molecule has 0 radical (unpaired) electrons. The number of carbonyl (C=O) groups excluding carboxylic acids is 1. The van der Waals surface area contributed by atoms with Crippen LogP contribution >= 0.6 is 0 Å². The number of nitrogens with zero attached hydrogens (tertiary/aromatic N) is 2. The number of hydrogen-bond acceptors (Lipinski definition) is 4. The molecule has 1 aliphatic rings. The number of hydrogen-bond donors (Lipinski definition) is 3. The van der Waals surface area contributed by atoms with Gasteiger partial charge in [-0.3, -0.25) is 4.79 Å². The monoisotopic (exact) mass is 415 g/mol. The Kier molecular flexibility index (Phi) is 7.34. The quantitative estimate of drug-likeness (QED) is 0.276. The highest BCUT2D eigenvalue weighted by Gasteiger charge is 2.43. The highest BCUT2D eigenvalue weighted by atomic mass is 19.3. The molecule has 10 heteroatoms. The highest BCUT2D eigenvalue weighted by molar-refractivity contribution is 5.96. The van der Waals surface area contributed by atoms with Crippen LogP contribution in [-0.4, -0.2) is 42.3 Å². The maximum absolute atomic E-state index is 13.7. The lowest BCUT2D eigenvalue weighted by atomic mass is 10.2. The maximum atomic E-state index is 13.7. The third-order valence-electron chi connectivity index (χ3n) is 4.56. The maximum Gasteiger partial charge on any atom is 0.272 e. The number of likely N-dealkylation sites (N-methyl/N-ethyl adjacent to an activating group) is 1. The second kappa shape index (κ2) is 9.34. The summed E-state index contributed by atoms with van der Waals surface area (Å²) in [6.45, 7) is 2.32. The molecular formula is C19H25F4N5O. The number of aliphatic imine (C=N–C) groups is 1. The molecule has 3 N–H and O–H groups in total. The number of anilines is 1. The van der Waals surface area contributed by atoms with Gasteiger partial charge in [0.1, 0.15) is 11.7 Å². The molecule has 6 nitrogen and oxygen atoms in total. The molecule has 1 aliphatic carbocycles. The van der Waals surface area contributed by atoms with Crippen molar-refractivity contribution in [1.29, 1.82) is 0 Å². The fraction of sp³-hybridized carbons (Fsp3) is 0.526. The van der Waals surface area contributed by atoms with Crippen LogP contribution in [0.2, 0.25) is 0 Å². The van der Waals surface area contributed by atoms with Gasteiger partial charge in [0.05, 0.1) is 6.04 Å². The number of pyridine rings is 1. The van der Waals surface area contributed by atoms with Crippen LogP contribution in [0.3, 0.4) is 0 Å². The van der Waals surface area contributed by atoms with E-state index in [1.165, 1.54) is 25.4 Å². The molecule has 1 amide bonds. The Morgan fingerprint density at radius 1 is 1.41 bits per heavy atom. The Hall–Kier alpha value is -2.49. The smallest absolute Gasteiger partial charge is 0.272 e. The van der Waals surface area contributed by atoms with E-state index in [0.29, 0.717) is 24.5 Å². The standard InChI is InChI=1S/C19H25F4N5O/c1-12(28-16-7-6-14(11-27-16)18(2,20)21)25-9-13(17(29)24-3)10-26-15-5-4-8-19(15,22)23/h6-7,9,11,15,26H,4-5,8,10H2,1-3H3,(H,24,29)(H,25,27,28)/b13-9+. The first-order chi connectivity index (χ1) is 13.5. The van der Waals surface area contributed by atoms with Gasteiger partial charge in [0.25, 0.3) is 11.8 Å². The van der Waals surface area contributed by atoms with E-state index in [4.69, 9.17) is 0 Å². The number of amides is 1. The second-order valence-corrected chi connectivity index (χ2v) is 6.98. The van der Waals surface area contributed by atoms with Crippen molar-refractivity contribution in [3.05, 3.63) is 35.7 Å². The summed E-state index contributed by atoms with van der Waals surface area (Å²) in [6.07, 6.45) is 2.94. The van der Waals surface area contributed by atoms with Crippen molar-refractivity contribution in [1.82, 2.24) is 15.6 Å². The van der Waals surface area contributed by atoms with Crippen molar-refractivity contribution >= 4 is 17.6 Å². The molecule has 1 fully saturated rings. The average Bonchev–Trinajstić information content (AvgIpc) is 2.99. The predicted molar refractivity (Wildman–Crippen MR) is 103 cm³/mol. The number of alkyl halides is 4. The Morgan fingerprint density at radius 2 is 2.14 bits per heavy atom. The van der Waals surface area contributed by atoms with E-state index in [1.807, 2.05) is 0 Å². The summed E-state index contributed by atoms with van der Waals surface area (Å²) in [5, 5.41) is 8.00. The molecule has 0 aliphatic heterocycles. The SMILES string of the molecule is CNC(=O)/C(=C/N=C(\C)Nc1ccc(C(C)(F)F)cn1)CNC1CCCC1(F)F. The van der Waals surface area contributed by atoms with E-state index in [0.717, 1.165) is 13.1 Å². The Labute approximate surface area is 166 Å². The normalized spacial score (nSPS) is 19.9. The van der Waals surface area contributed by atoms with Gasteiger partial charge in [0.2, 0.25) is 5.91 Å². The van der Waals surface area contributed by atoms with E-state index in [-0.39, 0.29) is 24.1 Å². The molecule has 1 heterocycles. The van der Waals surface area contributed by atoms with Gasteiger partial charge in [-0.2, -0.15) is 0 Å². The lowest BCUT2D eigenvalue weighted by Gasteiger charge is -2.20. The summed E-state index contributed by atoms with van der Waals surface area (Å²) < 4.78 is 53.9. The number of halogens is 4. The molecule has 1 unspecified atom stereocenters. The number of aromatic nitrogens is 1. The molecule has 0 aromatic carbocycles. The average molecular weight is 415 g/mol. The fourth-order valence-electron chi connectivity index (χ4n) is 2.88. The van der Waals surface area contributed by atoms with Gasteiger partial charge in [-0.1, -0.05) is 0 Å². The van der Waals surface area contributed by atoms with Gasteiger partial charge in [-0.15, -0.1) is 0 Å². The van der Waals surface area contributed by atoms with Crippen LogP contribution < -0.4 is 16.0 Å². The van der Waals surface area contributed by atoms with Gasteiger partial charge in [-0.05, 0) is 31.9 Å². The Morgan fingerprint density at radius 3 is 2.66 bits per heavy atom. The third-order valence-corrected chi connectivity index (χ3v) is 4.56. The lowest BCUT2D eigenvalue weighted by Crippen LogP contribution is -2.42. The largest absolute Gasteiger partial charge is 0.355 e. The zero-order chi connectivity index (χ0) is 21.7. The Bertz CT molecular complexity index is 772. The number of amidine groups is 1. The second-order valence-electron chi connectivity index (χ2n) is 6.98. The van der Waals surface area contributed by atoms with E-state index >= 15 is 0 Å². The summed E-state index contributed by atoms with van der Waals surface area (Å²) in [5.74, 6) is -5.56. The van der Waals surface area contributed by atoms with Crippen LogP contribution in [0.4, 0.5) is 23.4 Å². The molecule has 1 saturated carbocycles. The van der Waals surface area contributed by atoms with E-state index in [1.54, 1.807) is 6.92 Å². The number of rotatable bonds is 7. The molecule has 0 bridgehead atoms. The molecule has 1 aromatic rings. The molecular weight excluding hydrogens is 390 g/mol. The van der Waals surface area contributed by atoms with Gasteiger partial charge < -0.3 is 16.0 Å². The topological polar surface area (TPSA) is 78.4 Å². The minimum absolute atomic E-state index is 0.0603. The number of nitrogens with one attached hydrogen (secondary N) is 3. The summed E-state index contributed by atoms with van der Waals surface area (Å²) in [4.78, 5) is 20.0. The van der Waals surface area contributed by atoms with Crippen LogP contribution in [0.5, 0.6) is 0 Å². The van der Waals surface area contributed by atoms with Crippen molar-refractivity contribution < 1.29 is 22.4 Å². The van der Waals surface area contributed by atoms with Crippen molar-refractivity contribution in [2.75, 3.05) is 18.9 Å². The number of carbonyl (C=O) groups is 1. The van der Waals surface area contributed by atoms with Crippen LogP contribution in [0.15, 0.2) is 35.1 Å². The van der Waals surface area contributed by atoms with Crippen molar-refractivity contribution in [3.63, 3.8) is 0 Å². The fourth-order valence-corrected chi connectivity index (χ4v) is 2.88. The molecule has 29 heavy (non-hydrogen) atoms. The third kappa shape index (κ3) is 6.52. The molecule has 2 rings (SSSR count). The van der Waals surface area contributed by atoms with Gasteiger partial charge in [0, 0.05) is 50.5 Å². The van der Waals surface area contributed by atoms with Gasteiger partial charge in [-0.25, -0.2) is 27.5 Å². The zero-order valence-corrected chi connectivity index (χ0v) is 16.5. The van der Waals surface area contributed by atoms with Crippen molar-refractivity contribution in [2.24, 2.45) is 4.99 Å². The van der Waals surface area contributed by atoms with Crippen LogP contribution in [0.1, 0.15) is 38.7 Å². The van der Waals surface area contributed by atoms with E-state index < -0.39 is 23.8 Å². The summed E-state index contributed by atoms with van der Waals surface area (Å²) >= 11 is 0. The predicted octanol–water partition coefficient (Wildman–Crippen LogP) is 3.43. The van der Waals surface area contributed by atoms with Gasteiger partial charge >= 0.3 is 0 Å². The van der Waals surface area contributed by atoms with Crippen molar-refractivity contribution in [2.45, 2.75) is 51.0 Å². The molecule has 160 valence electrons. The van der Waals surface area contributed by atoms with E-state index in [2.05, 4.69) is 25.9 Å². The van der Waals surface area contributed by atoms with E-state index in [9.17, 15) is 22.4 Å². The molecule has 1 atom stereocenters. The summed E-state index contributed by atoms with van der Waals surface area (Å²) in [5.41, 5.74) is -0.0282. The Balaban J connectivity index is 2.04. The summed E-state index contributed by atoms with van der Waals surface area (Å²) in [6, 6.07) is 1.66. The molecule has 0 saturated heterocycles. The molecule has 0 spiro atoms. The first kappa shape index (κ1) is 22.8. The first-order valence-corrected chi connectivity index (χ1v) is 9.21. The molecule has 1 aromatic heterocycles. The van der Waals surface area contributed by atoms with Crippen molar-refractivity contribution in [3.8, 4) is 0 Å². The van der Waals surface area contributed by atoms with Crippen LogP contribution in [0.25, 0.3) is 0 Å². The minimum Gasteiger partial charge on any atom is -0.355 e. The first-order valence-electron chi connectivity index (χ1n) is 9.21. The zero-order valence-electron chi connectivity index (χ0n) is 16.5. The summed E-state index contributed by atoms with van der Waals surface area (Å²) in [7, 11) is 1.43.